The van der Waals surface area contributed by atoms with Crippen LogP contribution >= 0.6 is 11.6 Å². The number of nitrogens with one attached hydrogen (secondary N) is 1. The van der Waals surface area contributed by atoms with E-state index in [1.165, 1.54) is 4.57 Å². The minimum absolute atomic E-state index is 0.218. The van der Waals surface area contributed by atoms with Crippen LogP contribution in [0.25, 0.3) is 22.3 Å². The van der Waals surface area contributed by atoms with Crippen molar-refractivity contribution < 1.29 is 0 Å². The zero-order valence-electron chi connectivity index (χ0n) is 14.6. The molecule has 0 aliphatic carbocycles. The number of aromatic nitrogens is 2. The van der Waals surface area contributed by atoms with Crippen molar-refractivity contribution in [3.63, 3.8) is 0 Å². The molecule has 2 aromatic heterocycles. The number of halogens is 1. The fourth-order valence-corrected chi connectivity index (χ4v) is 3.24. The molecule has 0 bridgehead atoms. The lowest BCUT2D eigenvalue weighted by Crippen LogP contribution is -2.25. The molecule has 0 saturated heterocycles. The van der Waals surface area contributed by atoms with Crippen LogP contribution in [0.2, 0.25) is 5.02 Å². The standard InChI is InChI=1S/C20H19ClN4O/c1-3-25-19(23)15(11-22)9-17(20(25)26)16-5-4-13(10-18(16)21)14-6-7-24-12(2)8-14/h4-11,22H,3,23H2,1-2H3. The largest absolute Gasteiger partial charge is 0.384 e. The number of hydrogen-bond donors (Lipinski definition) is 2. The van der Waals surface area contributed by atoms with Gasteiger partial charge < -0.3 is 11.1 Å². The molecular weight excluding hydrogens is 348 g/mol. The molecular formula is C20H19ClN4O. The van der Waals surface area contributed by atoms with Gasteiger partial charge in [0.15, 0.2) is 0 Å². The molecule has 5 nitrogen and oxygen atoms in total. The minimum Gasteiger partial charge on any atom is -0.384 e. The third kappa shape index (κ3) is 3.13. The van der Waals surface area contributed by atoms with Crippen molar-refractivity contribution in [2.45, 2.75) is 20.4 Å². The highest BCUT2D eigenvalue weighted by molar-refractivity contribution is 6.33. The number of nitrogen functional groups attached to an aromatic ring is 1. The Morgan fingerprint density at radius 2 is 1.92 bits per heavy atom. The first-order chi connectivity index (χ1) is 12.5. The van der Waals surface area contributed by atoms with E-state index in [0.717, 1.165) is 23.0 Å². The third-order valence-electron chi connectivity index (χ3n) is 4.32. The molecule has 6 heteroatoms. The normalized spacial score (nSPS) is 10.7. The van der Waals surface area contributed by atoms with E-state index in [2.05, 4.69) is 4.98 Å². The van der Waals surface area contributed by atoms with E-state index < -0.39 is 0 Å². The van der Waals surface area contributed by atoms with E-state index in [0.29, 0.717) is 28.3 Å². The Kier molecular flexibility index (Phi) is 4.91. The topological polar surface area (TPSA) is 84.8 Å². The first-order valence-corrected chi connectivity index (χ1v) is 8.60. The fraction of sp³-hybridized carbons (Fsp3) is 0.150. The zero-order chi connectivity index (χ0) is 18.8. The summed E-state index contributed by atoms with van der Waals surface area (Å²) in [5, 5.41) is 8.02. The highest BCUT2D eigenvalue weighted by Crippen LogP contribution is 2.31. The van der Waals surface area contributed by atoms with Gasteiger partial charge in [0.25, 0.3) is 5.56 Å². The molecule has 26 heavy (non-hydrogen) atoms. The predicted molar refractivity (Wildman–Crippen MR) is 107 cm³/mol. The third-order valence-corrected chi connectivity index (χ3v) is 4.64. The van der Waals surface area contributed by atoms with Gasteiger partial charge in [-0.2, -0.15) is 0 Å². The highest BCUT2D eigenvalue weighted by atomic mass is 35.5. The number of benzene rings is 1. The van der Waals surface area contributed by atoms with E-state index in [1.807, 2.05) is 44.2 Å². The smallest absolute Gasteiger partial charge is 0.260 e. The van der Waals surface area contributed by atoms with Crippen LogP contribution in [0.3, 0.4) is 0 Å². The molecule has 0 amide bonds. The maximum Gasteiger partial charge on any atom is 0.260 e. The SMILES string of the molecule is CCn1c(N)c(C=N)cc(-c2ccc(-c3ccnc(C)c3)cc2Cl)c1=O. The molecule has 0 aliphatic heterocycles. The molecule has 2 heterocycles. The zero-order valence-corrected chi connectivity index (χ0v) is 15.3. The Labute approximate surface area is 156 Å². The number of aryl methyl sites for hydroxylation is 1. The monoisotopic (exact) mass is 366 g/mol. The summed E-state index contributed by atoms with van der Waals surface area (Å²) in [6, 6.07) is 11.1. The summed E-state index contributed by atoms with van der Waals surface area (Å²) in [6.07, 6.45) is 2.90. The molecule has 1 aromatic carbocycles. The highest BCUT2D eigenvalue weighted by Gasteiger charge is 2.15. The Balaban J connectivity index is 2.17. The van der Waals surface area contributed by atoms with Crippen molar-refractivity contribution in [1.82, 2.24) is 9.55 Å². The number of anilines is 1. The fourth-order valence-electron chi connectivity index (χ4n) is 2.96. The number of rotatable bonds is 4. The average molecular weight is 367 g/mol. The van der Waals surface area contributed by atoms with Gasteiger partial charge in [-0.3, -0.25) is 14.3 Å². The molecule has 0 unspecified atom stereocenters. The Bertz CT molecular complexity index is 1060. The summed E-state index contributed by atoms with van der Waals surface area (Å²) in [6.45, 7) is 4.19. The molecule has 0 spiro atoms. The van der Waals surface area contributed by atoms with Gasteiger partial charge in [-0.25, -0.2) is 0 Å². The van der Waals surface area contributed by atoms with Gasteiger partial charge in [0.2, 0.25) is 0 Å². The minimum atomic E-state index is -0.218. The summed E-state index contributed by atoms with van der Waals surface area (Å²) in [5.41, 5.74) is 10.2. The van der Waals surface area contributed by atoms with Crippen molar-refractivity contribution >= 4 is 23.6 Å². The van der Waals surface area contributed by atoms with Gasteiger partial charge >= 0.3 is 0 Å². The van der Waals surface area contributed by atoms with Gasteiger partial charge in [-0.1, -0.05) is 23.7 Å². The van der Waals surface area contributed by atoms with Crippen LogP contribution < -0.4 is 11.3 Å². The summed E-state index contributed by atoms with van der Waals surface area (Å²) in [5.74, 6) is 0.288. The van der Waals surface area contributed by atoms with Gasteiger partial charge in [-0.15, -0.1) is 0 Å². The molecule has 132 valence electrons. The first kappa shape index (κ1) is 17.9. The molecule has 0 atom stereocenters. The summed E-state index contributed by atoms with van der Waals surface area (Å²) >= 11 is 6.50. The van der Waals surface area contributed by atoms with E-state index in [4.69, 9.17) is 22.7 Å². The molecule has 0 fully saturated rings. The van der Waals surface area contributed by atoms with Crippen molar-refractivity contribution in [1.29, 1.82) is 5.41 Å². The van der Waals surface area contributed by atoms with Crippen LogP contribution in [0.1, 0.15) is 18.2 Å². The second-order valence-corrected chi connectivity index (χ2v) is 6.38. The molecule has 3 N–H and O–H groups in total. The van der Waals surface area contributed by atoms with Gasteiger partial charge in [-0.05, 0) is 49.2 Å². The van der Waals surface area contributed by atoms with Gasteiger partial charge in [0.05, 0.1) is 0 Å². The second kappa shape index (κ2) is 7.14. The number of hydrogen-bond acceptors (Lipinski definition) is 4. The van der Waals surface area contributed by atoms with E-state index in [9.17, 15) is 4.79 Å². The Hall–Kier alpha value is -2.92. The molecule has 0 saturated carbocycles. The predicted octanol–water partition coefficient (Wildman–Crippen LogP) is 4.14. The molecule has 3 rings (SSSR count). The van der Waals surface area contributed by atoms with Crippen LogP contribution in [0.4, 0.5) is 5.82 Å². The average Bonchev–Trinajstić information content (AvgIpc) is 2.63. The van der Waals surface area contributed by atoms with Crippen molar-refractivity contribution in [3.8, 4) is 22.3 Å². The lowest BCUT2D eigenvalue weighted by atomic mass is 10.00. The Morgan fingerprint density at radius 1 is 1.19 bits per heavy atom. The van der Waals surface area contributed by atoms with E-state index in [-0.39, 0.29) is 11.4 Å². The van der Waals surface area contributed by atoms with Crippen LogP contribution in [0, 0.1) is 12.3 Å². The number of nitrogens with two attached hydrogens (primary N) is 1. The van der Waals surface area contributed by atoms with Crippen molar-refractivity contribution in [2.24, 2.45) is 0 Å². The number of pyridine rings is 2. The molecule has 0 aliphatic rings. The number of nitrogens with zero attached hydrogens (tertiary/aromatic N) is 2. The first-order valence-electron chi connectivity index (χ1n) is 8.23. The lowest BCUT2D eigenvalue weighted by molar-refractivity contribution is 0.740. The summed E-state index contributed by atoms with van der Waals surface area (Å²) < 4.78 is 1.45. The van der Waals surface area contributed by atoms with Gasteiger partial charge in [0, 0.05) is 46.4 Å². The van der Waals surface area contributed by atoms with Crippen LogP contribution in [-0.2, 0) is 6.54 Å². The van der Waals surface area contributed by atoms with Crippen LogP contribution in [0.15, 0.2) is 47.4 Å². The van der Waals surface area contributed by atoms with Gasteiger partial charge in [0.1, 0.15) is 5.82 Å². The molecule has 3 aromatic rings. The Morgan fingerprint density at radius 3 is 2.54 bits per heavy atom. The molecule has 0 radical (unpaired) electrons. The summed E-state index contributed by atoms with van der Waals surface area (Å²) in [4.78, 5) is 17.0. The second-order valence-electron chi connectivity index (χ2n) is 5.97. The lowest BCUT2D eigenvalue weighted by Gasteiger charge is -2.14. The van der Waals surface area contributed by atoms with Crippen LogP contribution in [-0.4, -0.2) is 15.8 Å². The van der Waals surface area contributed by atoms with Crippen molar-refractivity contribution in [2.75, 3.05) is 5.73 Å². The van der Waals surface area contributed by atoms with Crippen LogP contribution in [0.5, 0.6) is 0 Å². The maximum atomic E-state index is 12.8. The summed E-state index contributed by atoms with van der Waals surface area (Å²) in [7, 11) is 0. The van der Waals surface area contributed by atoms with E-state index in [1.54, 1.807) is 12.3 Å². The quantitative estimate of drug-likeness (QED) is 0.680. The van der Waals surface area contributed by atoms with Crippen molar-refractivity contribution in [3.05, 3.63) is 69.2 Å². The maximum absolute atomic E-state index is 12.8. The van der Waals surface area contributed by atoms with E-state index >= 15 is 0 Å².